The first-order chi connectivity index (χ1) is 49.8. The highest BCUT2D eigenvalue weighted by Crippen LogP contribution is 2.24. The smallest absolute Gasteiger partial charge is 0.245 e. The Morgan fingerprint density at radius 2 is 1.02 bits per heavy atom. The molecule has 0 radical (unpaired) electrons. The van der Waals surface area contributed by atoms with Gasteiger partial charge in [0.15, 0.2) is 5.96 Å². The Labute approximate surface area is 613 Å². The third-order valence-corrected chi connectivity index (χ3v) is 18.3. The van der Waals surface area contributed by atoms with Crippen LogP contribution in [0.1, 0.15) is 141 Å². The number of benzene rings is 2. The standard InChI is InChI=1S/C70H114N20O13S/c1-44(2)40-52(64(98)83-48(60(75)94)30-39-104-3)82-59(93)43-81-61(95)53(41-45-18-6-4-7-19-45)87-65(99)54(42-46-20-8-5-9-21-46)88-63(97)49(26-28-57(74)91)84-62(96)50(27-29-58(92)79-36-17-34-78-33-13-12-32-72)85-66(100)56-25-16-38-90(56)69(103)51(23-10-11-31-71)86-67(101)55-24-15-37-89(55)68(102)47(73)22-14-35-80-70(76)77/h4-9,18-21,44,47-56,78H,10-17,22-43,71-73H2,1-3H3,(H2,74,91)(H2,75,94)(H,79,92)(H,81,95)(H,82,93)(H,83,98)(H,84,96)(H,85,100)(H,86,101)(H,87,99)(H,88,97)(H4,76,77,80)/t47-,48-,49-,50-,51-,52-,53-,54-,55-,56-/m0/s1. The predicted octanol–water partition coefficient (Wildman–Crippen LogP) is -3.36. The van der Waals surface area contributed by atoms with Crippen LogP contribution in [-0.2, 0) is 75.2 Å². The van der Waals surface area contributed by atoms with Gasteiger partial charge in [-0.3, -0.25) is 67.3 Å². The first kappa shape index (κ1) is 87.4. The first-order valence-electron chi connectivity index (χ1n) is 36.1. The van der Waals surface area contributed by atoms with Gasteiger partial charge in [0.1, 0.15) is 54.4 Å². The lowest BCUT2D eigenvalue weighted by Crippen LogP contribution is -2.60. The fourth-order valence-corrected chi connectivity index (χ4v) is 12.5. The van der Waals surface area contributed by atoms with E-state index < -0.39 is 157 Å². The monoisotopic (exact) mass is 1470 g/mol. The van der Waals surface area contributed by atoms with Gasteiger partial charge in [-0.15, -0.1) is 0 Å². The van der Waals surface area contributed by atoms with Gasteiger partial charge in [0, 0.05) is 51.9 Å². The van der Waals surface area contributed by atoms with E-state index >= 15 is 0 Å². The van der Waals surface area contributed by atoms with E-state index in [1.54, 1.807) is 60.7 Å². The third kappa shape index (κ3) is 32.4. The number of guanidine groups is 1. The van der Waals surface area contributed by atoms with Gasteiger partial charge in [-0.05, 0) is 158 Å². The number of nitrogens with two attached hydrogens (primary N) is 7. The number of nitrogens with one attached hydrogen (secondary N) is 10. The van der Waals surface area contributed by atoms with Gasteiger partial charge in [-0.1, -0.05) is 74.5 Å². The number of aliphatic imine (C=N–C) groups is 1. The summed E-state index contributed by atoms with van der Waals surface area (Å²) in [5.41, 5.74) is 41.0. The molecule has 2 saturated heterocycles. The molecule has 0 aliphatic carbocycles. The number of hydrogen-bond donors (Lipinski definition) is 17. The van der Waals surface area contributed by atoms with Gasteiger partial charge >= 0.3 is 0 Å². The second-order valence-corrected chi connectivity index (χ2v) is 27.6. The molecular weight excluding hydrogens is 1360 g/mol. The average molecular weight is 1480 g/mol. The van der Waals surface area contributed by atoms with Gasteiger partial charge in [0.05, 0.1) is 12.6 Å². The van der Waals surface area contributed by atoms with Gasteiger partial charge in [-0.2, -0.15) is 11.8 Å². The second kappa shape index (κ2) is 48.1. The summed E-state index contributed by atoms with van der Waals surface area (Å²) in [4.78, 5) is 188. The van der Waals surface area contributed by atoms with E-state index in [4.69, 9.17) is 40.1 Å². The highest BCUT2D eigenvalue weighted by atomic mass is 32.2. The average Bonchev–Trinajstić information content (AvgIpc) is 1.66. The van der Waals surface area contributed by atoms with Gasteiger partial charge < -0.3 is 103 Å². The number of carbonyl (C=O) groups excluding carboxylic acids is 13. The summed E-state index contributed by atoms with van der Waals surface area (Å²) in [5, 5.41) is 27.6. The van der Waals surface area contributed by atoms with Crippen LogP contribution in [0.5, 0.6) is 0 Å². The summed E-state index contributed by atoms with van der Waals surface area (Å²) < 4.78 is 0. The second-order valence-electron chi connectivity index (χ2n) is 26.6. The van der Waals surface area contributed by atoms with Crippen LogP contribution in [0.3, 0.4) is 0 Å². The molecule has 0 spiro atoms. The van der Waals surface area contributed by atoms with Crippen LogP contribution in [0.4, 0.5) is 0 Å². The number of primary amides is 2. The normalized spacial score (nSPS) is 16.4. The number of thioether (sulfide) groups is 1. The zero-order chi connectivity index (χ0) is 76.5. The number of nitrogens with zero attached hydrogens (tertiary/aromatic N) is 3. The summed E-state index contributed by atoms with van der Waals surface area (Å²) in [6.45, 7) is 6.03. The van der Waals surface area contributed by atoms with Gasteiger partial charge in [0.2, 0.25) is 76.8 Å². The minimum Gasteiger partial charge on any atom is -0.370 e. The first-order valence-corrected chi connectivity index (χ1v) is 37.5. The number of unbranched alkanes of at least 4 members (excludes halogenated alkanes) is 2. The molecule has 2 fully saturated rings. The Morgan fingerprint density at radius 1 is 0.510 bits per heavy atom. The lowest BCUT2D eigenvalue weighted by molar-refractivity contribution is -0.144. The lowest BCUT2D eigenvalue weighted by Gasteiger charge is -2.32. The van der Waals surface area contributed by atoms with Crippen molar-refractivity contribution in [1.82, 2.24) is 63.0 Å². The maximum absolute atomic E-state index is 14.9. The third-order valence-electron chi connectivity index (χ3n) is 17.7. The Kier molecular flexibility index (Phi) is 40.4. The van der Waals surface area contributed by atoms with Crippen molar-refractivity contribution in [3.05, 3.63) is 71.8 Å². The SMILES string of the molecule is CSCC[C@H](NC(=O)[C@H](CC(C)C)NC(=O)CNC(=O)[C@H](Cc1ccccc1)NC(=O)[C@H](Cc1ccccc1)NC(=O)[C@H](CCC(N)=O)NC(=O)[C@H](CCC(=O)NCCCNCCCCN)NC(=O)[C@@H]1CCCN1C(=O)[C@H](CCCCN)NC(=O)[C@@H]1CCCN1C(=O)[C@@H](N)CCCN=C(N)N)C(N)=O. The highest BCUT2D eigenvalue weighted by molar-refractivity contribution is 7.98. The van der Waals surface area contributed by atoms with Crippen molar-refractivity contribution < 1.29 is 62.3 Å². The van der Waals surface area contributed by atoms with E-state index in [1.807, 2.05) is 20.1 Å². The van der Waals surface area contributed by atoms with Crippen molar-refractivity contribution in [3.8, 4) is 0 Å². The number of rotatable bonds is 50. The zero-order valence-corrected chi connectivity index (χ0v) is 61.3. The Morgan fingerprint density at radius 3 is 1.58 bits per heavy atom. The van der Waals surface area contributed by atoms with Crippen molar-refractivity contribution in [2.75, 3.05) is 70.9 Å². The number of likely N-dealkylation sites (tertiary alicyclic amines) is 2. The molecule has 13 amide bonds. The summed E-state index contributed by atoms with van der Waals surface area (Å²) in [5.74, 6) is -9.31. The minimum atomic E-state index is -1.65. The molecule has 34 heteroatoms. The molecule has 10 atom stereocenters. The lowest BCUT2D eigenvalue weighted by atomic mass is 10.0. The van der Waals surface area contributed by atoms with Crippen LogP contribution in [0.15, 0.2) is 65.7 Å². The molecule has 24 N–H and O–H groups in total. The Balaban J connectivity index is 1.63. The number of amides is 13. The summed E-state index contributed by atoms with van der Waals surface area (Å²) in [6.07, 6.45) is 5.62. The van der Waals surface area contributed by atoms with Crippen LogP contribution < -0.4 is 93.3 Å². The van der Waals surface area contributed by atoms with Gasteiger partial charge in [0.25, 0.3) is 0 Å². The molecule has 2 aromatic carbocycles. The van der Waals surface area contributed by atoms with E-state index in [9.17, 15) is 62.3 Å². The van der Waals surface area contributed by atoms with Crippen molar-refractivity contribution in [1.29, 1.82) is 0 Å². The van der Waals surface area contributed by atoms with Crippen molar-refractivity contribution >= 4 is 94.5 Å². The maximum atomic E-state index is 14.9. The molecule has 0 aromatic heterocycles. The van der Waals surface area contributed by atoms with E-state index in [1.165, 1.54) is 21.6 Å². The molecule has 2 aliphatic rings. The van der Waals surface area contributed by atoms with E-state index in [0.29, 0.717) is 74.9 Å². The predicted molar refractivity (Wildman–Crippen MR) is 395 cm³/mol. The van der Waals surface area contributed by atoms with Crippen LogP contribution in [0.2, 0.25) is 0 Å². The Bertz CT molecular complexity index is 3130. The van der Waals surface area contributed by atoms with Crippen molar-refractivity contribution in [2.24, 2.45) is 51.0 Å². The molecule has 0 saturated carbocycles. The fraction of sp³-hybridized carbons (Fsp3) is 0.629. The summed E-state index contributed by atoms with van der Waals surface area (Å²) in [7, 11) is 0. The molecule has 33 nitrogen and oxygen atoms in total. The molecule has 0 bridgehead atoms. The number of carbonyl (C=O) groups is 13. The van der Waals surface area contributed by atoms with E-state index in [-0.39, 0.29) is 102 Å². The zero-order valence-electron chi connectivity index (χ0n) is 60.4. The van der Waals surface area contributed by atoms with Gasteiger partial charge in [-0.25, -0.2) is 0 Å². The molecule has 2 aromatic rings. The quantitative estimate of drug-likeness (QED) is 0.0175. The molecule has 578 valence electrons. The van der Waals surface area contributed by atoms with Crippen molar-refractivity contribution in [3.63, 3.8) is 0 Å². The van der Waals surface area contributed by atoms with Crippen LogP contribution in [0.25, 0.3) is 0 Å². The highest BCUT2D eigenvalue weighted by Gasteiger charge is 2.42. The molecule has 104 heavy (non-hydrogen) atoms. The van der Waals surface area contributed by atoms with E-state index in [0.717, 1.165) is 19.4 Å². The molecule has 4 rings (SSSR count). The van der Waals surface area contributed by atoms with Crippen LogP contribution in [0, 0.1) is 5.92 Å². The minimum absolute atomic E-state index is 0.0766. The largest absolute Gasteiger partial charge is 0.370 e. The topological polar surface area (TPSA) is 543 Å². The van der Waals surface area contributed by atoms with E-state index in [2.05, 4.69) is 58.2 Å². The van der Waals surface area contributed by atoms with Crippen LogP contribution >= 0.6 is 11.8 Å². The molecule has 2 heterocycles. The Hall–Kier alpha value is -8.99. The summed E-state index contributed by atoms with van der Waals surface area (Å²) >= 11 is 1.46. The molecular formula is C70H114N20O13S. The molecule has 2 aliphatic heterocycles. The molecule has 0 unspecified atom stereocenters. The fourth-order valence-electron chi connectivity index (χ4n) is 12.1. The number of hydrogen-bond acceptors (Lipinski definition) is 19. The maximum Gasteiger partial charge on any atom is 0.245 e. The van der Waals surface area contributed by atoms with Crippen LogP contribution in [-0.4, -0.2) is 224 Å². The van der Waals surface area contributed by atoms with Crippen molar-refractivity contribution in [2.45, 2.75) is 203 Å². The summed E-state index contributed by atoms with van der Waals surface area (Å²) in [6, 6.07) is 4.59.